The van der Waals surface area contributed by atoms with Gasteiger partial charge in [-0.15, -0.1) is 6.42 Å². The minimum Gasteiger partial charge on any atom is -0.331 e. The number of rotatable bonds is 1. The van der Waals surface area contributed by atoms with Crippen molar-refractivity contribution >= 4 is 5.69 Å². The summed E-state index contributed by atoms with van der Waals surface area (Å²) in [5.74, 6) is 2.50. The monoisotopic (exact) mass is 277 g/mol. The molecule has 0 radical (unpaired) electrons. The maximum absolute atomic E-state index is 13.1. The largest absolute Gasteiger partial charge is 0.431 e. The molecule has 1 nitrogen and oxygen atoms in total. The summed E-state index contributed by atoms with van der Waals surface area (Å²) in [5, 5.41) is 0. The Morgan fingerprint density at radius 1 is 1.30 bits per heavy atom. The molecule has 1 heterocycles. The van der Waals surface area contributed by atoms with Crippen LogP contribution in [-0.2, 0) is 0 Å². The van der Waals surface area contributed by atoms with E-state index in [9.17, 15) is 13.2 Å². The minimum absolute atomic E-state index is 0.384. The molecule has 0 bridgehead atoms. The quantitative estimate of drug-likeness (QED) is 0.696. The van der Waals surface area contributed by atoms with E-state index in [-0.39, 0.29) is 6.04 Å². The first-order valence-electron chi connectivity index (χ1n) is 6.17. The van der Waals surface area contributed by atoms with E-state index < -0.39 is 11.9 Å². The molecule has 0 saturated heterocycles. The van der Waals surface area contributed by atoms with Gasteiger partial charge in [0.1, 0.15) is 5.70 Å². The van der Waals surface area contributed by atoms with Crippen molar-refractivity contribution in [3.05, 3.63) is 53.3 Å². The van der Waals surface area contributed by atoms with E-state index in [1.807, 2.05) is 6.92 Å². The fraction of sp³-hybridized carbons (Fsp3) is 0.250. The second kappa shape index (κ2) is 5.09. The van der Waals surface area contributed by atoms with Crippen LogP contribution in [0.3, 0.4) is 0 Å². The molecule has 104 valence electrons. The molecule has 0 amide bonds. The molecule has 0 spiro atoms. The van der Waals surface area contributed by atoms with Crippen molar-refractivity contribution in [1.82, 2.24) is 0 Å². The molecule has 0 aliphatic carbocycles. The van der Waals surface area contributed by atoms with Gasteiger partial charge in [-0.1, -0.05) is 24.1 Å². The zero-order valence-corrected chi connectivity index (χ0v) is 11.2. The molecule has 1 atom stereocenters. The molecule has 1 aliphatic rings. The SMILES string of the molecule is C#Cc1cc(N2C(C(F)(F)F)=CC=CC2C)ccc1C. The van der Waals surface area contributed by atoms with Crippen molar-refractivity contribution in [2.24, 2.45) is 0 Å². The van der Waals surface area contributed by atoms with Gasteiger partial charge in [0.05, 0.1) is 0 Å². The number of anilines is 1. The summed E-state index contributed by atoms with van der Waals surface area (Å²) in [7, 11) is 0. The lowest BCUT2D eigenvalue weighted by atomic mass is 10.0. The van der Waals surface area contributed by atoms with E-state index in [0.29, 0.717) is 11.3 Å². The van der Waals surface area contributed by atoms with E-state index in [1.165, 1.54) is 11.0 Å². The Bertz CT molecular complexity index is 618. The van der Waals surface area contributed by atoms with E-state index in [0.717, 1.165) is 11.6 Å². The molecule has 0 aromatic heterocycles. The van der Waals surface area contributed by atoms with Crippen LogP contribution >= 0.6 is 0 Å². The molecule has 20 heavy (non-hydrogen) atoms. The van der Waals surface area contributed by atoms with Crippen LogP contribution in [0.4, 0.5) is 18.9 Å². The first-order valence-corrected chi connectivity index (χ1v) is 6.17. The van der Waals surface area contributed by atoms with Crippen molar-refractivity contribution in [3.8, 4) is 12.3 Å². The molecule has 4 heteroatoms. The van der Waals surface area contributed by atoms with Gasteiger partial charge in [0.2, 0.25) is 0 Å². The van der Waals surface area contributed by atoms with Gasteiger partial charge in [-0.2, -0.15) is 13.2 Å². The van der Waals surface area contributed by atoms with Crippen LogP contribution in [0.25, 0.3) is 0 Å². The van der Waals surface area contributed by atoms with Gasteiger partial charge in [-0.05, 0) is 37.6 Å². The average molecular weight is 277 g/mol. The second-order valence-electron chi connectivity index (χ2n) is 4.69. The summed E-state index contributed by atoms with van der Waals surface area (Å²) in [6.45, 7) is 3.55. The van der Waals surface area contributed by atoms with Gasteiger partial charge < -0.3 is 4.90 Å². The molecule has 2 rings (SSSR count). The number of benzene rings is 1. The van der Waals surface area contributed by atoms with E-state index in [2.05, 4.69) is 5.92 Å². The minimum atomic E-state index is -4.40. The van der Waals surface area contributed by atoms with Crippen LogP contribution in [0.15, 0.2) is 42.1 Å². The number of hydrogen-bond acceptors (Lipinski definition) is 1. The zero-order valence-electron chi connectivity index (χ0n) is 11.2. The molecular formula is C16H14F3N. The fourth-order valence-electron chi connectivity index (χ4n) is 2.21. The Morgan fingerprint density at radius 3 is 2.60 bits per heavy atom. The summed E-state index contributed by atoms with van der Waals surface area (Å²) in [4.78, 5) is 1.25. The van der Waals surface area contributed by atoms with Crippen molar-refractivity contribution in [1.29, 1.82) is 0 Å². The number of alkyl halides is 3. The van der Waals surface area contributed by atoms with E-state index in [1.54, 1.807) is 31.2 Å². The van der Waals surface area contributed by atoms with Crippen molar-refractivity contribution < 1.29 is 13.2 Å². The average Bonchev–Trinajstić information content (AvgIpc) is 2.38. The summed E-state index contributed by atoms with van der Waals surface area (Å²) in [5.41, 5.74) is 1.24. The number of nitrogens with zero attached hydrogens (tertiary/aromatic N) is 1. The maximum atomic E-state index is 13.1. The summed E-state index contributed by atoms with van der Waals surface area (Å²) in [6.07, 6.45) is 5.20. The van der Waals surface area contributed by atoms with Crippen LogP contribution in [0, 0.1) is 19.3 Å². The molecule has 0 fully saturated rings. The predicted molar refractivity (Wildman–Crippen MR) is 74.3 cm³/mol. The van der Waals surface area contributed by atoms with Crippen molar-refractivity contribution in [2.75, 3.05) is 4.90 Å². The Labute approximate surface area is 116 Å². The highest BCUT2D eigenvalue weighted by atomic mass is 19.4. The van der Waals surface area contributed by atoms with Crippen molar-refractivity contribution in [2.45, 2.75) is 26.1 Å². The predicted octanol–water partition coefficient (Wildman–Crippen LogP) is 4.19. The Kier molecular flexibility index (Phi) is 3.63. The summed E-state index contributed by atoms with van der Waals surface area (Å²) < 4.78 is 39.4. The molecule has 0 N–H and O–H groups in total. The standard InChI is InChI=1S/C16H14F3N/c1-4-13-10-14(9-8-11(13)2)20-12(3)6-5-7-15(20)16(17,18)19/h1,5-10,12H,2-3H3. The Morgan fingerprint density at radius 2 is 2.00 bits per heavy atom. The molecule has 1 aromatic carbocycles. The molecule has 0 saturated carbocycles. The summed E-state index contributed by atoms with van der Waals surface area (Å²) in [6, 6.07) is 4.63. The molecule has 1 aliphatic heterocycles. The third-order valence-corrected chi connectivity index (χ3v) is 3.26. The lowest BCUT2D eigenvalue weighted by molar-refractivity contribution is -0.0939. The molecule has 1 unspecified atom stereocenters. The Balaban J connectivity index is 2.52. The van der Waals surface area contributed by atoms with Crippen LogP contribution in [0.5, 0.6) is 0 Å². The van der Waals surface area contributed by atoms with E-state index in [4.69, 9.17) is 6.42 Å². The third kappa shape index (κ3) is 2.57. The lowest BCUT2D eigenvalue weighted by Crippen LogP contribution is -2.39. The first kappa shape index (κ1) is 14.3. The van der Waals surface area contributed by atoms with Crippen LogP contribution in [0.1, 0.15) is 18.1 Å². The van der Waals surface area contributed by atoms with Crippen LogP contribution < -0.4 is 4.90 Å². The van der Waals surface area contributed by atoms with Crippen molar-refractivity contribution in [3.63, 3.8) is 0 Å². The smallest absolute Gasteiger partial charge is 0.331 e. The number of hydrogen-bond donors (Lipinski definition) is 0. The normalized spacial score (nSPS) is 18.7. The van der Waals surface area contributed by atoms with Gasteiger partial charge in [0.25, 0.3) is 0 Å². The molecular weight excluding hydrogens is 263 g/mol. The van der Waals surface area contributed by atoms with Gasteiger partial charge in [-0.3, -0.25) is 0 Å². The van der Waals surface area contributed by atoms with Gasteiger partial charge >= 0.3 is 6.18 Å². The Hall–Kier alpha value is -2.15. The van der Waals surface area contributed by atoms with Gasteiger partial charge in [-0.25, -0.2) is 0 Å². The third-order valence-electron chi connectivity index (χ3n) is 3.26. The van der Waals surface area contributed by atoms with Gasteiger partial charge in [0, 0.05) is 17.3 Å². The fourth-order valence-corrected chi connectivity index (χ4v) is 2.21. The van der Waals surface area contributed by atoms with Gasteiger partial charge in [0.15, 0.2) is 0 Å². The molecule has 1 aromatic rings. The number of allylic oxidation sites excluding steroid dienone is 3. The summed E-state index contributed by atoms with van der Waals surface area (Å²) >= 11 is 0. The maximum Gasteiger partial charge on any atom is 0.431 e. The topological polar surface area (TPSA) is 3.24 Å². The highest BCUT2D eigenvalue weighted by Crippen LogP contribution is 2.36. The highest BCUT2D eigenvalue weighted by Gasteiger charge is 2.40. The zero-order chi connectivity index (χ0) is 14.9. The highest BCUT2D eigenvalue weighted by molar-refractivity contribution is 5.61. The number of halogens is 3. The lowest BCUT2D eigenvalue weighted by Gasteiger charge is -2.34. The van der Waals surface area contributed by atoms with Crippen LogP contribution in [0.2, 0.25) is 0 Å². The van der Waals surface area contributed by atoms with E-state index >= 15 is 0 Å². The van der Waals surface area contributed by atoms with Crippen LogP contribution in [-0.4, -0.2) is 12.2 Å². The second-order valence-corrected chi connectivity index (χ2v) is 4.69. The number of aryl methyl sites for hydroxylation is 1. The number of terminal acetylenes is 1. The first-order chi connectivity index (χ1) is 9.34.